The Bertz CT molecular complexity index is 450. The number of nitrogens with one attached hydrogen (secondary N) is 1. The van der Waals surface area contributed by atoms with Gasteiger partial charge in [-0.25, -0.2) is 0 Å². The van der Waals surface area contributed by atoms with Crippen molar-refractivity contribution in [3.05, 3.63) is 22.4 Å². The molecule has 0 bridgehead atoms. The van der Waals surface area contributed by atoms with E-state index in [4.69, 9.17) is 0 Å². The van der Waals surface area contributed by atoms with E-state index in [9.17, 15) is 4.79 Å². The highest BCUT2D eigenvalue weighted by molar-refractivity contribution is 7.07. The summed E-state index contributed by atoms with van der Waals surface area (Å²) in [6.45, 7) is 6.38. The van der Waals surface area contributed by atoms with Crippen molar-refractivity contribution in [3.8, 4) is 0 Å². The molecular formula is C14H20N2OS. The van der Waals surface area contributed by atoms with Crippen molar-refractivity contribution in [2.75, 3.05) is 0 Å². The first-order valence-corrected chi connectivity index (χ1v) is 7.57. The lowest BCUT2D eigenvalue weighted by Crippen LogP contribution is -2.49. The fourth-order valence-corrected chi connectivity index (χ4v) is 3.68. The number of hydrogen-bond donors (Lipinski definition) is 1. The second-order valence-electron chi connectivity index (χ2n) is 5.98. The Kier molecular flexibility index (Phi) is 2.75. The SMILES string of the molecule is CC1NC(c2ccsc2)N(C(C)(C)C2CC2)C1=O. The maximum Gasteiger partial charge on any atom is 0.241 e. The van der Waals surface area contributed by atoms with Crippen LogP contribution in [0.3, 0.4) is 0 Å². The van der Waals surface area contributed by atoms with Crippen LogP contribution in [-0.2, 0) is 4.79 Å². The lowest BCUT2D eigenvalue weighted by molar-refractivity contribution is -0.136. The molecule has 98 valence electrons. The first-order valence-electron chi connectivity index (χ1n) is 6.63. The van der Waals surface area contributed by atoms with E-state index in [2.05, 4.69) is 40.9 Å². The van der Waals surface area contributed by atoms with Crippen LogP contribution in [-0.4, -0.2) is 22.4 Å². The highest BCUT2D eigenvalue weighted by atomic mass is 32.1. The van der Waals surface area contributed by atoms with Crippen LogP contribution < -0.4 is 5.32 Å². The molecule has 4 heteroatoms. The summed E-state index contributed by atoms with van der Waals surface area (Å²) in [7, 11) is 0. The van der Waals surface area contributed by atoms with Crippen molar-refractivity contribution >= 4 is 17.2 Å². The van der Waals surface area contributed by atoms with Crippen molar-refractivity contribution in [3.63, 3.8) is 0 Å². The lowest BCUT2D eigenvalue weighted by Gasteiger charge is -2.39. The Hall–Kier alpha value is -0.870. The molecule has 1 aliphatic carbocycles. The van der Waals surface area contributed by atoms with E-state index < -0.39 is 0 Å². The van der Waals surface area contributed by atoms with Gasteiger partial charge in [-0.3, -0.25) is 10.1 Å². The zero-order chi connectivity index (χ0) is 12.9. The summed E-state index contributed by atoms with van der Waals surface area (Å²) in [5.41, 5.74) is 1.17. The first kappa shape index (κ1) is 12.2. The summed E-state index contributed by atoms with van der Waals surface area (Å²) in [5, 5.41) is 7.64. The largest absolute Gasteiger partial charge is 0.316 e. The Morgan fingerprint density at radius 3 is 2.72 bits per heavy atom. The fourth-order valence-electron chi connectivity index (χ4n) is 3.00. The molecular weight excluding hydrogens is 244 g/mol. The predicted molar refractivity (Wildman–Crippen MR) is 73.3 cm³/mol. The number of nitrogens with zero attached hydrogens (tertiary/aromatic N) is 1. The van der Waals surface area contributed by atoms with Gasteiger partial charge in [0.1, 0.15) is 6.17 Å². The minimum absolute atomic E-state index is 0.0402. The van der Waals surface area contributed by atoms with Crippen LogP contribution in [0.15, 0.2) is 16.8 Å². The summed E-state index contributed by atoms with van der Waals surface area (Å²) in [4.78, 5) is 14.5. The quantitative estimate of drug-likeness (QED) is 0.910. The van der Waals surface area contributed by atoms with Crippen molar-refractivity contribution in [1.82, 2.24) is 10.2 Å². The summed E-state index contributed by atoms with van der Waals surface area (Å²) < 4.78 is 0. The van der Waals surface area contributed by atoms with Crippen molar-refractivity contribution in [2.45, 2.75) is 51.4 Å². The Morgan fingerprint density at radius 2 is 2.17 bits per heavy atom. The third kappa shape index (κ3) is 1.79. The van der Waals surface area contributed by atoms with Crippen LogP contribution in [0.2, 0.25) is 0 Å². The number of thiophene rings is 1. The Balaban J connectivity index is 1.95. The molecule has 1 amide bonds. The maximum atomic E-state index is 12.5. The molecule has 2 aliphatic rings. The molecule has 2 unspecified atom stereocenters. The monoisotopic (exact) mass is 264 g/mol. The fraction of sp³-hybridized carbons (Fsp3) is 0.643. The summed E-state index contributed by atoms with van der Waals surface area (Å²) in [6.07, 6.45) is 2.55. The van der Waals surface area contributed by atoms with E-state index in [-0.39, 0.29) is 23.7 Å². The third-order valence-electron chi connectivity index (χ3n) is 4.33. The van der Waals surface area contributed by atoms with Gasteiger partial charge in [0.15, 0.2) is 0 Å². The molecule has 1 saturated heterocycles. The van der Waals surface area contributed by atoms with Crippen LogP contribution in [0.5, 0.6) is 0 Å². The zero-order valence-corrected chi connectivity index (χ0v) is 12.0. The Morgan fingerprint density at radius 1 is 1.44 bits per heavy atom. The minimum atomic E-state index is -0.0760. The van der Waals surface area contributed by atoms with Crippen LogP contribution in [0.25, 0.3) is 0 Å². The van der Waals surface area contributed by atoms with Gasteiger partial charge in [-0.2, -0.15) is 11.3 Å². The second kappa shape index (κ2) is 4.07. The van der Waals surface area contributed by atoms with Crippen LogP contribution >= 0.6 is 11.3 Å². The van der Waals surface area contributed by atoms with Gasteiger partial charge >= 0.3 is 0 Å². The van der Waals surface area contributed by atoms with Gasteiger partial charge in [0.25, 0.3) is 0 Å². The lowest BCUT2D eigenvalue weighted by atomic mass is 9.94. The van der Waals surface area contributed by atoms with Crippen LogP contribution in [0, 0.1) is 5.92 Å². The highest BCUT2D eigenvalue weighted by Crippen LogP contribution is 2.46. The number of carbonyl (C=O) groups is 1. The molecule has 1 aromatic rings. The van der Waals surface area contributed by atoms with E-state index in [1.54, 1.807) is 11.3 Å². The predicted octanol–water partition coefficient (Wildman–Crippen LogP) is 2.76. The average molecular weight is 264 g/mol. The molecule has 1 N–H and O–H groups in total. The summed E-state index contributed by atoms with van der Waals surface area (Å²) in [6, 6.07) is 2.04. The van der Waals surface area contributed by atoms with Gasteiger partial charge in [0.05, 0.1) is 6.04 Å². The number of rotatable bonds is 3. The molecule has 2 fully saturated rings. The van der Waals surface area contributed by atoms with Crippen LogP contribution in [0.4, 0.5) is 0 Å². The van der Waals surface area contributed by atoms with Crippen molar-refractivity contribution < 1.29 is 4.79 Å². The van der Waals surface area contributed by atoms with Gasteiger partial charge in [0, 0.05) is 5.54 Å². The van der Waals surface area contributed by atoms with E-state index in [1.807, 2.05) is 6.92 Å². The molecule has 1 aliphatic heterocycles. The van der Waals surface area contributed by atoms with Gasteiger partial charge in [-0.1, -0.05) is 0 Å². The van der Waals surface area contributed by atoms with E-state index in [0.29, 0.717) is 5.92 Å². The second-order valence-corrected chi connectivity index (χ2v) is 6.76. The number of carbonyl (C=O) groups excluding carboxylic acids is 1. The van der Waals surface area contributed by atoms with Gasteiger partial charge in [-0.05, 0) is 61.9 Å². The molecule has 3 rings (SSSR count). The molecule has 0 spiro atoms. The van der Waals surface area contributed by atoms with E-state index in [1.165, 1.54) is 18.4 Å². The van der Waals surface area contributed by atoms with E-state index in [0.717, 1.165) is 0 Å². The molecule has 2 atom stereocenters. The maximum absolute atomic E-state index is 12.5. The summed E-state index contributed by atoms with van der Waals surface area (Å²) in [5.74, 6) is 0.901. The molecule has 2 heterocycles. The molecule has 1 saturated carbocycles. The average Bonchev–Trinajstić information content (AvgIpc) is 2.96. The first-order chi connectivity index (χ1) is 8.51. The molecule has 3 nitrogen and oxygen atoms in total. The zero-order valence-electron chi connectivity index (χ0n) is 11.1. The Labute approximate surface area is 112 Å². The third-order valence-corrected chi connectivity index (χ3v) is 5.03. The van der Waals surface area contributed by atoms with Crippen LogP contribution in [0.1, 0.15) is 45.3 Å². The van der Waals surface area contributed by atoms with Gasteiger partial charge < -0.3 is 4.90 Å². The highest BCUT2D eigenvalue weighted by Gasteiger charge is 2.51. The standard InChI is InChI=1S/C14H20N2OS/c1-9-13(17)16(14(2,3)11-4-5-11)12(15-9)10-6-7-18-8-10/h6-9,11-12,15H,4-5H2,1-3H3. The molecule has 18 heavy (non-hydrogen) atoms. The molecule has 0 radical (unpaired) electrons. The molecule has 1 aromatic heterocycles. The minimum Gasteiger partial charge on any atom is -0.316 e. The van der Waals surface area contributed by atoms with Crippen molar-refractivity contribution in [1.29, 1.82) is 0 Å². The summed E-state index contributed by atoms with van der Waals surface area (Å²) >= 11 is 1.69. The van der Waals surface area contributed by atoms with Gasteiger partial charge in [-0.15, -0.1) is 0 Å². The number of hydrogen-bond acceptors (Lipinski definition) is 3. The molecule has 0 aromatic carbocycles. The topological polar surface area (TPSA) is 32.3 Å². The van der Waals surface area contributed by atoms with Gasteiger partial charge in [0.2, 0.25) is 5.91 Å². The normalized spacial score (nSPS) is 29.1. The van der Waals surface area contributed by atoms with E-state index >= 15 is 0 Å². The number of amides is 1. The van der Waals surface area contributed by atoms with Crippen molar-refractivity contribution in [2.24, 2.45) is 5.92 Å². The smallest absolute Gasteiger partial charge is 0.241 e.